The molecule has 1 aromatic carbocycles. The van der Waals surface area contributed by atoms with Crippen molar-refractivity contribution in [3.63, 3.8) is 0 Å². The molecule has 0 aliphatic carbocycles. The molecule has 1 rings (SSSR count). The van der Waals surface area contributed by atoms with Crippen LogP contribution in [-0.2, 0) is 0 Å². The third-order valence-corrected chi connectivity index (χ3v) is 2.25. The van der Waals surface area contributed by atoms with E-state index in [4.69, 9.17) is 5.11 Å². The molecule has 1 aromatic rings. The molecule has 0 bridgehead atoms. The van der Waals surface area contributed by atoms with Crippen LogP contribution in [0, 0.1) is 13.8 Å². The van der Waals surface area contributed by atoms with Crippen LogP contribution < -0.4 is 0 Å². The maximum atomic E-state index is 11.5. The summed E-state index contributed by atoms with van der Waals surface area (Å²) in [5.41, 5.74) is 2.65. The van der Waals surface area contributed by atoms with E-state index in [0.29, 0.717) is 5.56 Å². The first kappa shape index (κ1) is 9.93. The number of ketones is 1. The molecule has 0 heterocycles. The van der Waals surface area contributed by atoms with Crippen LogP contribution in [0.1, 0.15) is 28.4 Å². The molecule has 0 aromatic heterocycles. The molecule has 0 aliphatic heterocycles. The lowest BCUT2D eigenvalue weighted by Crippen LogP contribution is -2.17. The van der Waals surface area contributed by atoms with E-state index in [-0.39, 0.29) is 5.78 Å². The van der Waals surface area contributed by atoms with Crippen molar-refractivity contribution in [3.05, 3.63) is 34.9 Å². The van der Waals surface area contributed by atoms with Gasteiger partial charge in [-0.05, 0) is 31.9 Å². The molecule has 70 valence electrons. The smallest absolute Gasteiger partial charge is 0.191 e. The van der Waals surface area contributed by atoms with E-state index in [1.807, 2.05) is 26.0 Å². The number of aliphatic hydroxyl groups is 1. The second-order valence-electron chi connectivity index (χ2n) is 3.29. The van der Waals surface area contributed by atoms with Crippen LogP contribution in [0.25, 0.3) is 0 Å². The molecule has 0 amide bonds. The van der Waals surface area contributed by atoms with Gasteiger partial charge in [-0.2, -0.15) is 0 Å². The summed E-state index contributed by atoms with van der Waals surface area (Å²) in [6, 6.07) is 5.53. The fraction of sp³-hybridized carbons (Fsp3) is 0.364. The van der Waals surface area contributed by atoms with Crippen molar-refractivity contribution in [2.45, 2.75) is 26.9 Å². The third kappa shape index (κ3) is 1.95. The Balaban J connectivity index is 3.15. The average molecular weight is 178 g/mol. The van der Waals surface area contributed by atoms with Gasteiger partial charge in [-0.25, -0.2) is 0 Å². The molecule has 2 nitrogen and oxygen atoms in total. The van der Waals surface area contributed by atoms with Crippen molar-refractivity contribution in [1.29, 1.82) is 0 Å². The first-order valence-electron chi connectivity index (χ1n) is 4.32. The number of rotatable bonds is 2. The lowest BCUT2D eigenvalue weighted by atomic mass is 9.98. The molecule has 13 heavy (non-hydrogen) atoms. The van der Waals surface area contributed by atoms with Crippen LogP contribution in [0.3, 0.4) is 0 Å². The van der Waals surface area contributed by atoms with Crippen LogP contribution in [0.4, 0.5) is 0 Å². The van der Waals surface area contributed by atoms with Crippen LogP contribution in [0.5, 0.6) is 0 Å². The molecular formula is C11H14O2. The molecule has 0 saturated heterocycles. The van der Waals surface area contributed by atoms with E-state index >= 15 is 0 Å². The van der Waals surface area contributed by atoms with Gasteiger partial charge in [0.25, 0.3) is 0 Å². The first-order valence-corrected chi connectivity index (χ1v) is 4.32. The van der Waals surface area contributed by atoms with Crippen molar-refractivity contribution < 1.29 is 9.90 Å². The predicted molar refractivity (Wildman–Crippen MR) is 51.9 cm³/mol. The van der Waals surface area contributed by atoms with Crippen molar-refractivity contribution in [2.24, 2.45) is 0 Å². The minimum absolute atomic E-state index is 0.207. The lowest BCUT2D eigenvalue weighted by Gasteiger charge is -2.08. The Hall–Kier alpha value is -1.15. The van der Waals surface area contributed by atoms with Crippen LogP contribution in [0.15, 0.2) is 18.2 Å². The number of hydrogen-bond acceptors (Lipinski definition) is 2. The van der Waals surface area contributed by atoms with Gasteiger partial charge in [-0.1, -0.05) is 18.2 Å². The first-order chi connectivity index (χ1) is 6.04. The third-order valence-electron chi connectivity index (χ3n) is 2.25. The molecule has 1 N–H and O–H groups in total. The SMILES string of the molecule is Cc1cccc(C(=O)C(C)O)c1C. The van der Waals surface area contributed by atoms with Gasteiger partial charge >= 0.3 is 0 Å². The number of carbonyl (C=O) groups excluding carboxylic acids is 1. The Labute approximate surface area is 78.2 Å². The number of Topliss-reactive ketones (excluding diaryl/α,β-unsaturated/α-hetero) is 1. The minimum Gasteiger partial charge on any atom is -0.385 e. The van der Waals surface area contributed by atoms with Crippen molar-refractivity contribution in [2.75, 3.05) is 0 Å². The second-order valence-corrected chi connectivity index (χ2v) is 3.29. The summed E-state index contributed by atoms with van der Waals surface area (Å²) in [5.74, 6) is -0.207. The van der Waals surface area contributed by atoms with Gasteiger partial charge in [0.15, 0.2) is 5.78 Å². The Morgan fingerprint density at radius 2 is 2.00 bits per heavy atom. The highest BCUT2D eigenvalue weighted by Gasteiger charge is 2.14. The van der Waals surface area contributed by atoms with Gasteiger partial charge in [0.1, 0.15) is 6.10 Å². The number of aryl methyl sites for hydroxylation is 1. The highest BCUT2D eigenvalue weighted by Crippen LogP contribution is 2.14. The maximum Gasteiger partial charge on any atom is 0.191 e. The molecule has 0 saturated carbocycles. The monoisotopic (exact) mass is 178 g/mol. The standard InChI is InChI=1S/C11H14O2/c1-7-5-4-6-10(8(7)2)11(13)9(3)12/h4-6,9,12H,1-3H3. The van der Waals surface area contributed by atoms with E-state index in [1.54, 1.807) is 6.07 Å². The molecule has 2 heteroatoms. The summed E-state index contributed by atoms with van der Waals surface area (Å²) in [6.45, 7) is 5.34. The number of benzene rings is 1. The molecule has 1 unspecified atom stereocenters. The van der Waals surface area contributed by atoms with Gasteiger partial charge in [0.2, 0.25) is 0 Å². The summed E-state index contributed by atoms with van der Waals surface area (Å²) in [6.07, 6.45) is -0.916. The van der Waals surface area contributed by atoms with E-state index in [9.17, 15) is 4.79 Å². The number of aliphatic hydroxyl groups excluding tert-OH is 1. The number of carbonyl (C=O) groups is 1. The van der Waals surface area contributed by atoms with E-state index in [2.05, 4.69) is 0 Å². The zero-order chi connectivity index (χ0) is 10.0. The summed E-state index contributed by atoms with van der Waals surface area (Å²) in [7, 11) is 0. The van der Waals surface area contributed by atoms with Gasteiger partial charge in [0.05, 0.1) is 0 Å². The maximum absolute atomic E-state index is 11.5. The highest BCUT2D eigenvalue weighted by molar-refractivity contribution is 6.00. The Bertz CT molecular complexity index is 327. The van der Waals surface area contributed by atoms with Gasteiger partial charge in [-0.3, -0.25) is 4.79 Å². The molecule has 0 spiro atoms. The zero-order valence-electron chi connectivity index (χ0n) is 8.16. The van der Waals surface area contributed by atoms with Gasteiger partial charge in [0, 0.05) is 5.56 Å². The summed E-state index contributed by atoms with van der Waals surface area (Å²) in [4.78, 5) is 11.5. The van der Waals surface area contributed by atoms with Crippen molar-refractivity contribution in [3.8, 4) is 0 Å². The van der Waals surface area contributed by atoms with E-state index in [1.165, 1.54) is 6.92 Å². The lowest BCUT2D eigenvalue weighted by molar-refractivity contribution is 0.0779. The normalized spacial score (nSPS) is 12.6. The summed E-state index contributed by atoms with van der Waals surface area (Å²) >= 11 is 0. The molecule has 0 aliphatic rings. The minimum atomic E-state index is -0.916. The van der Waals surface area contributed by atoms with E-state index in [0.717, 1.165) is 11.1 Å². The number of hydrogen-bond donors (Lipinski definition) is 1. The molecule has 0 fully saturated rings. The second kappa shape index (κ2) is 3.71. The highest BCUT2D eigenvalue weighted by atomic mass is 16.3. The van der Waals surface area contributed by atoms with Gasteiger partial charge in [-0.15, -0.1) is 0 Å². The fourth-order valence-electron chi connectivity index (χ4n) is 1.24. The Kier molecular flexibility index (Phi) is 2.83. The van der Waals surface area contributed by atoms with Crippen molar-refractivity contribution >= 4 is 5.78 Å². The zero-order valence-corrected chi connectivity index (χ0v) is 8.16. The Morgan fingerprint density at radius 1 is 1.38 bits per heavy atom. The Morgan fingerprint density at radius 3 is 2.54 bits per heavy atom. The van der Waals surface area contributed by atoms with Gasteiger partial charge < -0.3 is 5.11 Å². The predicted octanol–water partition coefficient (Wildman–Crippen LogP) is 1.87. The average Bonchev–Trinajstić information content (AvgIpc) is 2.08. The molecule has 0 radical (unpaired) electrons. The quantitative estimate of drug-likeness (QED) is 0.702. The summed E-state index contributed by atoms with van der Waals surface area (Å²) < 4.78 is 0. The largest absolute Gasteiger partial charge is 0.385 e. The van der Waals surface area contributed by atoms with Crippen LogP contribution >= 0.6 is 0 Å². The van der Waals surface area contributed by atoms with Crippen LogP contribution in [-0.4, -0.2) is 17.0 Å². The molecule has 1 atom stereocenters. The summed E-state index contributed by atoms with van der Waals surface area (Å²) in [5, 5.41) is 9.14. The topological polar surface area (TPSA) is 37.3 Å². The van der Waals surface area contributed by atoms with Crippen LogP contribution in [0.2, 0.25) is 0 Å². The van der Waals surface area contributed by atoms with E-state index < -0.39 is 6.10 Å². The molecular weight excluding hydrogens is 164 g/mol. The van der Waals surface area contributed by atoms with Crippen molar-refractivity contribution in [1.82, 2.24) is 0 Å². The fourth-order valence-corrected chi connectivity index (χ4v) is 1.24.